The molecule has 0 bridgehead atoms. The van der Waals surface area contributed by atoms with Crippen LogP contribution in [-0.2, 0) is 30.5 Å². The molecule has 3 amide bonds. The molecule has 2 aliphatic heterocycles. The van der Waals surface area contributed by atoms with Crippen molar-refractivity contribution in [1.82, 2.24) is 15.5 Å². The van der Waals surface area contributed by atoms with Crippen LogP contribution in [-0.4, -0.2) is 67.1 Å². The zero-order chi connectivity index (χ0) is 29.2. The van der Waals surface area contributed by atoms with Crippen LogP contribution in [0.15, 0.2) is 48.5 Å². The van der Waals surface area contributed by atoms with E-state index in [-0.39, 0.29) is 18.0 Å². The molecule has 2 saturated heterocycles. The first-order chi connectivity index (χ1) is 18.9. The lowest BCUT2D eigenvalue weighted by molar-refractivity contribution is -0.384. The van der Waals surface area contributed by atoms with Crippen molar-refractivity contribution in [2.24, 2.45) is 0 Å². The number of carbonyl (C=O) groups is 4. The van der Waals surface area contributed by atoms with Gasteiger partial charge in [-0.15, -0.1) is 11.8 Å². The molecule has 13 nitrogen and oxygen atoms in total. The van der Waals surface area contributed by atoms with Gasteiger partial charge in [0.2, 0.25) is 11.8 Å². The zero-order valence-electron chi connectivity index (χ0n) is 21.2. The van der Waals surface area contributed by atoms with Crippen molar-refractivity contribution in [3.8, 4) is 5.75 Å². The van der Waals surface area contributed by atoms with Gasteiger partial charge in [0.1, 0.15) is 35.9 Å². The number of β-lactam (4-membered cyclic amide) rings is 1. The number of amides is 3. The lowest BCUT2D eigenvalue weighted by Gasteiger charge is -2.44. The summed E-state index contributed by atoms with van der Waals surface area (Å²) in [5, 5.41) is 24.9. The van der Waals surface area contributed by atoms with Crippen LogP contribution in [0.3, 0.4) is 0 Å². The van der Waals surface area contributed by atoms with Gasteiger partial charge in [-0.2, -0.15) is 0 Å². The second-order valence-corrected chi connectivity index (χ2v) is 11.5. The van der Waals surface area contributed by atoms with Crippen LogP contribution < -0.4 is 10.6 Å². The summed E-state index contributed by atoms with van der Waals surface area (Å²) in [7, 11) is 0. The van der Waals surface area contributed by atoms with Crippen molar-refractivity contribution >= 4 is 52.9 Å². The fourth-order valence-electron chi connectivity index (χ4n) is 4.49. The number of nitrogens with zero attached hydrogens (tertiary/aromatic N) is 2. The molecule has 4 rings (SSSR count). The van der Waals surface area contributed by atoms with Gasteiger partial charge in [0, 0.05) is 16.9 Å². The van der Waals surface area contributed by atoms with Crippen LogP contribution in [0.25, 0.3) is 0 Å². The molecule has 0 aromatic heterocycles. The van der Waals surface area contributed by atoms with Crippen LogP contribution >= 0.6 is 23.4 Å². The minimum atomic E-state index is -1.26. The number of benzene rings is 2. The lowest BCUT2D eigenvalue weighted by atomic mass is 9.95. The molecule has 212 valence electrons. The standard InChI is InChI=1S/C25H25ClN4O9S/c1-25(2)19(23(34)38-11-13-3-7-15(8-4-13)30(36)37)29-21(33)18(22(29)40-25)27-20(32)17(28-24(35)39-12-26)14-5-9-16(31)10-6-14/h3-10,17-19,22,31H,11-12H2,1-2H3,(H,27,32)(H,28,35)/t17?,18?,19-,22+/m0/s1. The number of nitro groups is 1. The SMILES string of the molecule is CC1(C)S[C@@H]2C(NC(=O)C(NC(=O)OCCl)c3ccc(O)cc3)C(=O)N2[C@H]1C(=O)OCc1ccc([N+](=O)[O-])cc1. The lowest BCUT2D eigenvalue weighted by Crippen LogP contribution is -2.71. The third-order valence-electron chi connectivity index (χ3n) is 6.43. The molecular weight excluding hydrogens is 568 g/mol. The zero-order valence-corrected chi connectivity index (χ0v) is 22.8. The minimum Gasteiger partial charge on any atom is -0.508 e. The average molecular weight is 593 g/mol. The number of non-ortho nitro benzene ring substituents is 1. The number of phenolic OH excluding ortho intramolecular Hbond substituents is 1. The van der Waals surface area contributed by atoms with E-state index in [9.17, 15) is 34.4 Å². The maximum Gasteiger partial charge on any atom is 0.409 e. The van der Waals surface area contributed by atoms with Gasteiger partial charge in [-0.1, -0.05) is 23.7 Å². The highest BCUT2D eigenvalue weighted by Crippen LogP contribution is 2.51. The van der Waals surface area contributed by atoms with E-state index in [4.69, 9.17) is 16.3 Å². The van der Waals surface area contributed by atoms with Gasteiger partial charge in [0.25, 0.3) is 5.69 Å². The van der Waals surface area contributed by atoms with Gasteiger partial charge in [0.15, 0.2) is 6.07 Å². The number of phenols is 1. The van der Waals surface area contributed by atoms with E-state index in [1.54, 1.807) is 13.8 Å². The van der Waals surface area contributed by atoms with Crippen LogP contribution in [0.1, 0.15) is 31.0 Å². The Balaban J connectivity index is 1.43. The number of carbonyl (C=O) groups excluding carboxylic acids is 4. The van der Waals surface area contributed by atoms with E-state index in [1.165, 1.54) is 65.2 Å². The van der Waals surface area contributed by atoms with Gasteiger partial charge in [-0.3, -0.25) is 19.7 Å². The maximum absolute atomic E-state index is 13.2. The number of alkyl carbamates (subject to hydrolysis) is 1. The third kappa shape index (κ3) is 5.92. The molecule has 0 aliphatic carbocycles. The summed E-state index contributed by atoms with van der Waals surface area (Å²) < 4.78 is 9.35. The quantitative estimate of drug-likeness (QED) is 0.129. The largest absolute Gasteiger partial charge is 0.508 e. The summed E-state index contributed by atoms with van der Waals surface area (Å²) in [5.74, 6) is -1.91. The number of hydrogen-bond donors (Lipinski definition) is 3. The third-order valence-corrected chi connectivity index (χ3v) is 8.11. The first-order valence-corrected chi connectivity index (χ1v) is 13.3. The molecule has 2 aromatic rings. The average Bonchev–Trinajstić information content (AvgIpc) is 3.17. The number of aromatic hydroxyl groups is 1. The first-order valence-electron chi connectivity index (χ1n) is 11.9. The summed E-state index contributed by atoms with van der Waals surface area (Å²) in [6.07, 6.45) is -0.961. The van der Waals surface area contributed by atoms with E-state index in [0.717, 1.165) is 0 Å². The Labute approximate surface area is 237 Å². The van der Waals surface area contributed by atoms with E-state index in [2.05, 4.69) is 15.4 Å². The van der Waals surface area contributed by atoms with Gasteiger partial charge >= 0.3 is 12.1 Å². The molecule has 0 radical (unpaired) electrons. The number of nitrogens with one attached hydrogen (secondary N) is 2. The Kier molecular flexibility index (Phi) is 8.40. The first kappa shape index (κ1) is 29.0. The molecule has 0 saturated carbocycles. The smallest absolute Gasteiger partial charge is 0.409 e. The monoisotopic (exact) mass is 592 g/mol. The highest BCUT2D eigenvalue weighted by molar-refractivity contribution is 8.01. The molecule has 40 heavy (non-hydrogen) atoms. The summed E-state index contributed by atoms with van der Waals surface area (Å²) in [6, 6.07) is 7.47. The Morgan fingerprint density at radius 1 is 1.15 bits per heavy atom. The summed E-state index contributed by atoms with van der Waals surface area (Å²) >= 11 is 6.75. The molecule has 15 heteroatoms. The fourth-order valence-corrected chi connectivity index (χ4v) is 6.21. The number of fused-ring (bicyclic) bond motifs is 1. The predicted octanol–water partition coefficient (Wildman–Crippen LogP) is 2.55. The molecule has 2 aromatic carbocycles. The van der Waals surface area contributed by atoms with Crippen molar-refractivity contribution in [1.29, 1.82) is 0 Å². The Hall–Kier alpha value is -4.04. The second kappa shape index (κ2) is 11.6. The van der Waals surface area contributed by atoms with Crippen molar-refractivity contribution in [2.75, 3.05) is 6.07 Å². The topological polar surface area (TPSA) is 177 Å². The van der Waals surface area contributed by atoms with Crippen molar-refractivity contribution in [3.63, 3.8) is 0 Å². The van der Waals surface area contributed by atoms with Crippen molar-refractivity contribution < 1.29 is 38.7 Å². The molecule has 2 aliphatic rings. The molecule has 4 atom stereocenters. The number of alkyl halides is 1. The highest BCUT2D eigenvalue weighted by Gasteiger charge is 2.64. The predicted molar refractivity (Wildman–Crippen MR) is 142 cm³/mol. The van der Waals surface area contributed by atoms with Crippen LogP contribution in [0, 0.1) is 10.1 Å². The molecule has 2 fully saturated rings. The number of rotatable bonds is 9. The van der Waals surface area contributed by atoms with Gasteiger partial charge in [0.05, 0.1) is 4.92 Å². The van der Waals surface area contributed by atoms with Crippen molar-refractivity contribution in [3.05, 3.63) is 69.8 Å². The molecule has 0 spiro atoms. The maximum atomic E-state index is 13.2. The molecule has 2 heterocycles. The Morgan fingerprint density at radius 2 is 1.80 bits per heavy atom. The fraction of sp³-hybridized carbons (Fsp3) is 0.360. The van der Waals surface area contributed by atoms with Gasteiger partial charge < -0.3 is 30.1 Å². The van der Waals surface area contributed by atoms with E-state index in [0.29, 0.717) is 11.1 Å². The molecule has 3 N–H and O–H groups in total. The molecular formula is C25H25ClN4O9S. The van der Waals surface area contributed by atoms with E-state index < -0.39 is 63.1 Å². The summed E-state index contributed by atoms with van der Waals surface area (Å²) in [4.78, 5) is 63.1. The van der Waals surface area contributed by atoms with Gasteiger partial charge in [-0.05, 0) is 49.2 Å². The summed E-state index contributed by atoms with van der Waals surface area (Å²) in [5.41, 5.74) is 0.765. The Bertz CT molecular complexity index is 1320. The normalized spacial score (nSPS) is 21.4. The number of ether oxygens (including phenoxy) is 2. The summed E-state index contributed by atoms with van der Waals surface area (Å²) in [6.45, 7) is 3.42. The number of thioether (sulfide) groups is 1. The number of halogens is 1. The number of esters is 1. The van der Waals surface area contributed by atoms with E-state index in [1.807, 2.05) is 0 Å². The van der Waals surface area contributed by atoms with E-state index >= 15 is 0 Å². The number of hydrogen-bond acceptors (Lipinski definition) is 10. The van der Waals surface area contributed by atoms with Crippen LogP contribution in [0.2, 0.25) is 0 Å². The highest BCUT2D eigenvalue weighted by atomic mass is 35.5. The number of nitro benzene ring substituents is 1. The Morgan fingerprint density at radius 3 is 2.40 bits per heavy atom. The molecule has 2 unspecified atom stereocenters. The van der Waals surface area contributed by atoms with Crippen LogP contribution in [0.4, 0.5) is 10.5 Å². The van der Waals surface area contributed by atoms with Crippen LogP contribution in [0.5, 0.6) is 5.75 Å². The minimum absolute atomic E-state index is 0.0489. The van der Waals surface area contributed by atoms with Gasteiger partial charge in [-0.25, -0.2) is 9.59 Å². The van der Waals surface area contributed by atoms with Crippen molar-refractivity contribution in [2.45, 2.75) is 48.7 Å². The second-order valence-electron chi connectivity index (χ2n) is 9.49.